The number of nitrogens with zero attached hydrogens (tertiary/aromatic N) is 1. The van der Waals surface area contributed by atoms with Crippen molar-refractivity contribution >= 4 is 15.9 Å². The highest BCUT2D eigenvalue weighted by atomic mass is 79.9. The van der Waals surface area contributed by atoms with Crippen molar-refractivity contribution in [2.45, 2.75) is 103 Å². The quantitative estimate of drug-likeness (QED) is 0.150. The largest absolute Gasteiger partial charge is 1.00 e. The summed E-state index contributed by atoms with van der Waals surface area (Å²) in [6, 6.07) is 9.25. The van der Waals surface area contributed by atoms with E-state index in [9.17, 15) is 0 Å². The molecule has 0 aliphatic carbocycles. The molecule has 0 atom stereocenters. The Bertz CT molecular complexity index is 442. The summed E-state index contributed by atoms with van der Waals surface area (Å²) in [4.78, 5) is 0. The molecule has 0 saturated carbocycles. The van der Waals surface area contributed by atoms with Gasteiger partial charge in [-0.25, -0.2) is 0 Å². The van der Waals surface area contributed by atoms with Crippen molar-refractivity contribution in [3.8, 4) is 0 Å². The summed E-state index contributed by atoms with van der Waals surface area (Å²) < 4.78 is 1.22. The van der Waals surface area contributed by atoms with E-state index in [-0.39, 0.29) is 17.0 Å². The van der Waals surface area contributed by atoms with E-state index in [1.165, 1.54) is 112 Å². The number of unbranched alkanes of at least 4 members (excludes halogenated alkanes) is 10. The van der Waals surface area contributed by atoms with E-state index in [4.69, 9.17) is 0 Å². The third-order valence-electron chi connectivity index (χ3n) is 5.84. The molecule has 3 heteroatoms. The molecule has 1 nitrogen and oxygen atoms in total. The van der Waals surface area contributed by atoms with Gasteiger partial charge in [0.2, 0.25) is 0 Å². The van der Waals surface area contributed by atoms with Gasteiger partial charge in [0.05, 0.1) is 20.1 Å². The van der Waals surface area contributed by atoms with Crippen LogP contribution in [0.1, 0.15) is 102 Å². The average molecular weight is 519 g/mol. The molecule has 0 spiro atoms. The molecule has 1 aromatic carbocycles. The maximum Gasteiger partial charge on any atom is 0.104 e. The second kappa shape index (κ2) is 18.0. The predicted octanol–water partition coefficient (Wildman–Crippen LogP) is 5.25. The molecule has 0 fully saturated rings. The minimum atomic E-state index is 0. The highest BCUT2D eigenvalue weighted by molar-refractivity contribution is 9.08. The van der Waals surface area contributed by atoms with E-state index in [1.807, 2.05) is 0 Å². The first-order valence-electron chi connectivity index (χ1n) is 11.6. The molecule has 28 heavy (non-hydrogen) atoms. The molecule has 0 aromatic heterocycles. The SMILES string of the molecule is CCCCCCCC[N+](C)(CCCCCCCC)Cc1ccc(CBr)cc1.[Br-]. The lowest BCUT2D eigenvalue weighted by molar-refractivity contribution is -0.923. The first kappa shape index (κ1) is 28.1. The minimum Gasteiger partial charge on any atom is -1.00 e. The fourth-order valence-corrected chi connectivity index (χ4v) is 4.37. The van der Waals surface area contributed by atoms with Gasteiger partial charge in [0.15, 0.2) is 0 Å². The van der Waals surface area contributed by atoms with Gasteiger partial charge in [-0.1, -0.05) is 105 Å². The first-order valence-corrected chi connectivity index (χ1v) is 12.7. The molecule has 0 amide bonds. The summed E-state index contributed by atoms with van der Waals surface area (Å²) in [6.07, 6.45) is 16.8. The lowest BCUT2D eigenvalue weighted by Gasteiger charge is -2.35. The van der Waals surface area contributed by atoms with E-state index in [1.54, 1.807) is 0 Å². The summed E-state index contributed by atoms with van der Waals surface area (Å²) in [7, 11) is 2.50. The van der Waals surface area contributed by atoms with E-state index in [0.29, 0.717) is 0 Å². The van der Waals surface area contributed by atoms with Gasteiger partial charge in [-0.2, -0.15) is 0 Å². The number of alkyl halides is 1. The summed E-state index contributed by atoms with van der Waals surface area (Å²) >= 11 is 3.56. The van der Waals surface area contributed by atoms with Gasteiger partial charge in [-0.05, 0) is 31.2 Å². The number of benzene rings is 1. The van der Waals surface area contributed by atoms with Crippen LogP contribution in [0.2, 0.25) is 0 Å². The normalized spacial score (nSPS) is 11.4. The zero-order valence-electron chi connectivity index (χ0n) is 18.8. The summed E-state index contributed by atoms with van der Waals surface area (Å²) in [5.74, 6) is 0. The molecule has 0 bridgehead atoms. The maximum absolute atomic E-state index is 3.56. The molecule has 0 saturated heterocycles. The van der Waals surface area contributed by atoms with E-state index in [2.05, 4.69) is 61.1 Å². The number of hydrogen-bond donors (Lipinski definition) is 0. The van der Waals surface area contributed by atoms with Crippen LogP contribution in [0.5, 0.6) is 0 Å². The number of rotatable bonds is 17. The van der Waals surface area contributed by atoms with Gasteiger partial charge in [-0.15, -0.1) is 0 Å². The number of hydrogen-bond acceptors (Lipinski definition) is 0. The third kappa shape index (κ3) is 13.4. The second-order valence-corrected chi connectivity index (χ2v) is 9.27. The maximum atomic E-state index is 3.56. The predicted molar refractivity (Wildman–Crippen MR) is 125 cm³/mol. The Hall–Kier alpha value is 0.140. The van der Waals surface area contributed by atoms with Gasteiger partial charge >= 0.3 is 0 Å². The monoisotopic (exact) mass is 517 g/mol. The van der Waals surface area contributed by atoms with Crippen LogP contribution in [0.3, 0.4) is 0 Å². The van der Waals surface area contributed by atoms with Crippen molar-refractivity contribution in [1.82, 2.24) is 0 Å². The van der Waals surface area contributed by atoms with Crippen molar-refractivity contribution in [1.29, 1.82) is 0 Å². The Labute approximate surface area is 195 Å². The number of halogens is 2. The average Bonchev–Trinajstić information content (AvgIpc) is 2.68. The third-order valence-corrected chi connectivity index (χ3v) is 6.49. The lowest BCUT2D eigenvalue weighted by Crippen LogP contribution is -3.00. The van der Waals surface area contributed by atoms with Crippen LogP contribution in [0, 0.1) is 0 Å². The Kier molecular flexibility index (Phi) is 18.0. The molecule has 0 aliphatic rings. The Morgan fingerprint density at radius 2 is 1.04 bits per heavy atom. The van der Waals surface area contributed by atoms with Crippen LogP contribution in [0.4, 0.5) is 0 Å². The molecule has 1 rings (SSSR count). The summed E-state index contributed by atoms with van der Waals surface area (Å²) in [6.45, 7) is 8.46. The van der Waals surface area contributed by atoms with Crippen LogP contribution in [0.25, 0.3) is 0 Å². The van der Waals surface area contributed by atoms with Crippen molar-refractivity contribution in [2.75, 3.05) is 20.1 Å². The Morgan fingerprint density at radius 1 is 0.643 bits per heavy atom. The zero-order valence-corrected chi connectivity index (χ0v) is 22.0. The van der Waals surface area contributed by atoms with Gasteiger partial charge < -0.3 is 21.5 Å². The topological polar surface area (TPSA) is 0 Å². The molecule has 0 radical (unpaired) electrons. The summed E-state index contributed by atoms with van der Waals surface area (Å²) in [5.41, 5.74) is 2.87. The van der Waals surface area contributed by atoms with Gasteiger partial charge in [0.1, 0.15) is 6.54 Å². The van der Waals surface area contributed by atoms with Crippen LogP contribution < -0.4 is 17.0 Å². The smallest absolute Gasteiger partial charge is 0.104 e. The molecular weight excluding hydrogens is 474 g/mol. The van der Waals surface area contributed by atoms with Crippen molar-refractivity contribution in [3.05, 3.63) is 35.4 Å². The van der Waals surface area contributed by atoms with Crippen LogP contribution >= 0.6 is 15.9 Å². The summed E-state index contributed by atoms with van der Waals surface area (Å²) in [5, 5.41) is 0.953. The molecule has 0 unspecified atom stereocenters. The van der Waals surface area contributed by atoms with E-state index in [0.717, 1.165) is 5.33 Å². The van der Waals surface area contributed by atoms with Crippen LogP contribution in [-0.2, 0) is 11.9 Å². The van der Waals surface area contributed by atoms with Gasteiger partial charge in [-0.3, -0.25) is 0 Å². The molecule has 0 heterocycles. The lowest BCUT2D eigenvalue weighted by atomic mass is 10.1. The first-order chi connectivity index (χ1) is 13.1. The molecule has 164 valence electrons. The fraction of sp³-hybridized carbons (Fsp3) is 0.760. The highest BCUT2D eigenvalue weighted by Gasteiger charge is 2.21. The Balaban J connectivity index is 0.00000729. The highest BCUT2D eigenvalue weighted by Crippen LogP contribution is 2.19. The molecule has 0 aliphatic heterocycles. The van der Waals surface area contributed by atoms with Gasteiger partial charge in [0.25, 0.3) is 0 Å². The van der Waals surface area contributed by atoms with Crippen LogP contribution in [-0.4, -0.2) is 24.6 Å². The van der Waals surface area contributed by atoms with E-state index < -0.39 is 0 Å². The Morgan fingerprint density at radius 3 is 1.46 bits per heavy atom. The number of quaternary nitrogens is 1. The fourth-order valence-electron chi connectivity index (χ4n) is 3.99. The van der Waals surface area contributed by atoms with Gasteiger partial charge in [0, 0.05) is 10.9 Å². The van der Waals surface area contributed by atoms with Crippen molar-refractivity contribution < 1.29 is 21.5 Å². The second-order valence-electron chi connectivity index (χ2n) is 8.71. The molecule has 0 N–H and O–H groups in total. The standard InChI is InChI=1S/C25H45BrN.BrH/c1-4-6-8-10-12-14-20-27(3,21-15-13-11-9-7-5-2)23-25-18-16-24(22-26)17-19-25;/h16-19H,4-15,20-23H2,1-3H3;1H/q+1;/p-1. The zero-order chi connectivity index (χ0) is 19.8. The van der Waals surface area contributed by atoms with Crippen molar-refractivity contribution in [2.24, 2.45) is 0 Å². The molecular formula is C25H45Br2N. The van der Waals surface area contributed by atoms with Crippen LogP contribution in [0.15, 0.2) is 24.3 Å². The van der Waals surface area contributed by atoms with Crippen molar-refractivity contribution in [3.63, 3.8) is 0 Å². The van der Waals surface area contributed by atoms with E-state index >= 15 is 0 Å². The minimum absolute atomic E-state index is 0. The molecule has 1 aromatic rings.